The molecule has 1 aliphatic carbocycles. The topological polar surface area (TPSA) is 50.2 Å². The first-order valence-electron chi connectivity index (χ1n) is 12.7. The Labute approximate surface area is 197 Å². The first-order chi connectivity index (χ1) is 16.1. The number of anilines is 1. The summed E-state index contributed by atoms with van der Waals surface area (Å²) in [6.07, 6.45) is 6.69. The van der Waals surface area contributed by atoms with Crippen LogP contribution in [0.2, 0.25) is 0 Å². The van der Waals surface area contributed by atoms with Gasteiger partial charge in [0.15, 0.2) is 0 Å². The Balaban J connectivity index is 1.31. The maximum atomic E-state index is 13.0. The van der Waals surface area contributed by atoms with Crippen LogP contribution in [0, 0.1) is 18.8 Å². The van der Waals surface area contributed by atoms with Gasteiger partial charge in [-0.3, -0.25) is 4.79 Å². The van der Waals surface area contributed by atoms with Crippen molar-refractivity contribution in [3.05, 3.63) is 59.7 Å². The van der Waals surface area contributed by atoms with Gasteiger partial charge in [-0.25, -0.2) is 4.98 Å². The van der Waals surface area contributed by atoms with E-state index >= 15 is 0 Å². The zero-order chi connectivity index (χ0) is 22.8. The monoisotopic (exact) mass is 444 g/mol. The van der Waals surface area contributed by atoms with Crippen molar-refractivity contribution in [3.63, 3.8) is 0 Å². The van der Waals surface area contributed by atoms with Gasteiger partial charge in [0.2, 0.25) is 11.9 Å². The molecule has 0 radical (unpaired) electrons. The highest BCUT2D eigenvalue weighted by Gasteiger charge is 2.30. The SMILES string of the molecule is Cc1ccccc1Cn1c(N2CCC(C(=O)N[C@H]3CCCC[C@@H]3C)CC2)nc2ccccc21. The van der Waals surface area contributed by atoms with Crippen LogP contribution in [0.4, 0.5) is 5.95 Å². The second kappa shape index (κ2) is 9.58. The number of fused-ring (bicyclic) bond motifs is 1. The molecule has 0 spiro atoms. The average molecular weight is 445 g/mol. The number of amides is 1. The van der Waals surface area contributed by atoms with Gasteiger partial charge in [-0.05, 0) is 61.8 Å². The number of carbonyl (C=O) groups excluding carboxylic acids is 1. The molecule has 2 atom stereocenters. The summed E-state index contributed by atoms with van der Waals surface area (Å²) in [5, 5.41) is 3.39. The van der Waals surface area contributed by atoms with E-state index in [2.05, 4.69) is 77.2 Å². The molecular formula is C28H36N4O. The van der Waals surface area contributed by atoms with Gasteiger partial charge in [-0.1, -0.05) is 56.2 Å². The van der Waals surface area contributed by atoms with E-state index in [1.54, 1.807) is 0 Å². The average Bonchev–Trinajstić information content (AvgIpc) is 3.20. The molecule has 174 valence electrons. The minimum atomic E-state index is 0.115. The van der Waals surface area contributed by atoms with Crippen LogP contribution >= 0.6 is 0 Å². The minimum Gasteiger partial charge on any atom is -0.353 e. The van der Waals surface area contributed by atoms with Crippen molar-refractivity contribution >= 4 is 22.9 Å². The van der Waals surface area contributed by atoms with E-state index in [0.717, 1.165) is 50.4 Å². The fraction of sp³-hybridized carbons (Fsp3) is 0.500. The molecule has 5 rings (SSSR count). The second-order valence-corrected chi connectivity index (χ2v) is 10.1. The van der Waals surface area contributed by atoms with Crippen molar-refractivity contribution in [1.82, 2.24) is 14.9 Å². The molecule has 1 saturated carbocycles. The van der Waals surface area contributed by atoms with Crippen LogP contribution < -0.4 is 10.2 Å². The van der Waals surface area contributed by atoms with E-state index in [-0.39, 0.29) is 11.8 Å². The first kappa shape index (κ1) is 22.0. The number of piperidine rings is 1. The Morgan fingerprint density at radius 1 is 1.00 bits per heavy atom. The quantitative estimate of drug-likeness (QED) is 0.581. The van der Waals surface area contributed by atoms with E-state index in [4.69, 9.17) is 4.98 Å². The summed E-state index contributed by atoms with van der Waals surface area (Å²) in [6.45, 7) is 7.00. The van der Waals surface area contributed by atoms with E-state index in [1.165, 1.54) is 35.9 Å². The molecule has 1 saturated heterocycles. The highest BCUT2D eigenvalue weighted by molar-refractivity contribution is 5.80. The lowest BCUT2D eigenvalue weighted by Crippen LogP contribution is -2.47. The van der Waals surface area contributed by atoms with E-state index < -0.39 is 0 Å². The number of carbonyl (C=O) groups is 1. The Kier molecular flexibility index (Phi) is 6.39. The third kappa shape index (κ3) is 4.64. The maximum absolute atomic E-state index is 13.0. The van der Waals surface area contributed by atoms with Gasteiger partial charge in [-0.2, -0.15) is 0 Å². The van der Waals surface area contributed by atoms with Gasteiger partial charge in [-0.15, -0.1) is 0 Å². The summed E-state index contributed by atoms with van der Waals surface area (Å²) in [7, 11) is 0. The van der Waals surface area contributed by atoms with Crippen molar-refractivity contribution < 1.29 is 4.79 Å². The van der Waals surface area contributed by atoms with Crippen LogP contribution in [-0.2, 0) is 11.3 Å². The lowest BCUT2D eigenvalue weighted by atomic mass is 9.85. The number of hydrogen-bond acceptors (Lipinski definition) is 3. The fourth-order valence-corrected chi connectivity index (χ4v) is 5.59. The summed E-state index contributed by atoms with van der Waals surface area (Å²) in [5.41, 5.74) is 4.82. The van der Waals surface area contributed by atoms with Gasteiger partial charge in [0.05, 0.1) is 17.6 Å². The van der Waals surface area contributed by atoms with Crippen molar-refractivity contribution in [1.29, 1.82) is 0 Å². The molecule has 2 aromatic carbocycles. The van der Waals surface area contributed by atoms with Crippen molar-refractivity contribution in [2.75, 3.05) is 18.0 Å². The predicted octanol–water partition coefficient (Wildman–Crippen LogP) is 5.30. The van der Waals surface area contributed by atoms with E-state index in [9.17, 15) is 4.79 Å². The number of rotatable bonds is 5. The molecule has 1 aromatic heterocycles. The van der Waals surface area contributed by atoms with Crippen molar-refractivity contribution in [2.24, 2.45) is 11.8 Å². The largest absolute Gasteiger partial charge is 0.353 e. The standard InChI is InChI=1S/C28H36N4O/c1-20-9-3-5-11-23(20)19-32-26-14-8-7-13-25(26)30-28(32)31-17-15-22(16-18-31)27(33)29-24-12-6-4-10-21(24)2/h3,5,7-9,11,13-14,21-22,24H,4,6,10,12,15-19H2,1-2H3,(H,29,33)/t21-,24-/m0/s1. The van der Waals surface area contributed by atoms with Crippen LogP contribution in [0.15, 0.2) is 48.5 Å². The van der Waals surface area contributed by atoms with Crippen LogP contribution in [0.5, 0.6) is 0 Å². The van der Waals surface area contributed by atoms with Crippen LogP contribution in [0.3, 0.4) is 0 Å². The number of hydrogen-bond donors (Lipinski definition) is 1. The molecule has 2 aliphatic rings. The van der Waals surface area contributed by atoms with Gasteiger partial charge in [0, 0.05) is 25.0 Å². The van der Waals surface area contributed by atoms with Crippen molar-refractivity contribution in [3.8, 4) is 0 Å². The number of para-hydroxylation sites is 2. The van der Waals surface area contributed by atoms with Gasteiger partial charge in [0.25, 0.3) is 0 Å². The molecule has 1 amide bonds. The Hall–Kier alpha value is -2.82. The summed E-state index contributed by atoms with van der Waals surface area (Å²) in [4.78, 5) is 20.4. The summed E-state index contributed by atoms with van der Waals surface area (Å²) in [6, 6.07) is 17.3. The van der Waals surface area contributed by atoms with Crippen molar-refractivity contribution in [2.45, 2.75) is 65.0 Å². The molecule has 0 unspecified atom stereocenters. The number of nitrogens with one attached hydrogen (secondary N) is 1. The molecule has 33 heavy (non-hydrogen) atoms. The highest BCUT2D eigenvalue weighted by Crippen LogP contribution is 2.29. The molecule has 1 N–H and O–H groups in total. The highest BCUT2D eigenvalue weighted by atomic mass is 16.2. The van der Waals surface area contributed by atoms with E-state index in [1.807, 2.05) is 0 Å². The lowest BCUT2D eigenvalue weighted by Gasteiger charge is -2.35. The van der Waals surface area contributed by atoms with Gasteiger partial charge in [0.1, 0.15) is 0 Å². The van der Waals surface area contributed by atoms with Crippen LogP contribution in [0.1, 0.15) is 56.6 Å². The number of benzene rings is 2. The number of aromatic nitrogens is 2. The zero-order valence-electron chi connectivity index (χ0n) is 20.0. The molecule has 5 nitrogen and oxygen atoms in total. The Bertz CT molecular complexity index is 1110. The molecule has 2 heterocycles. The Morgan fingerprint density at radius 3 is 2.52 bits per heavy atom. The van der Waals surface area contributed by atoms with Crippen LogP contribution in [0.25, 0.3) is 11.0 Å². The maximum Gasteiger partial charge on any atom is 0.223 e. The smallest absolute Gasteiger partial charge is 0.223 e. The molecule has 5 heteroatoms. The van der Waals surface area contributed by atoms with Gasteiger partial charge < -0.3 is 14.8 Å². The normalized spacial score (nSPS) is 21.9. The molecule has 1 aliphatic heterocycles. The summed E-state index contributed by atoms with van der Waals surface area (Å²) >= 11 is 0. The molecule has 0 bridgehead atoms. The number of aryl methyl sites for hydroxylation is 1. The third-order valence-electron chi connectivity index (χ3n) is 7.81. The second-order valence-electron chi connectivity index (χ2n) is 10.1. The summed E-state index contributed by atoms with van der Waals surface area (Å²) in [5.74, 6) is 2.01. The number of nitrogens with zero attached hydrogens (tertiary/aromatic N) is 3. The number of imidazole rings is 1. The lowest BCUT2D eigenvalue weighted by molar-refractivity contribution is -0.126. The summed E-state index contributed by atoms with van der Waals surface area (Å²) < 4.78 is 2.35. The minimum absolute atomic E-state index is 0.115. The van der Waals surface area contributed by atoms with Gasteiger partial charge >= 0.3 is 0 Å². The third-order valence-corrected chi connectivity index (χ3v) is 7.81. The fourth-order valence-electron chi connectivity index (χ4n) is 5.59. The Morgan fingerprint density at radius 2 is 1.73 bits per heavy atom. The molecule has 3 aromatic rings. The van der Waals surface area contributed by atoms with Crippen LogP contribution in [-0.4, -0.2) is 34.6 Å². The van der Waals surface area contributed by atoms with E-state index in [0.29, 0.717) is 12.0 Å². The zero-order valence-corrected chi connectivity index (χ0v) is 20.0. The molecule has 2 fully saturated rings. The first-order valence-corrected chi connectivity index (χ1v) is 12.7. The molecular weight excluding hydrogens is 408 g/mol. The predicted molar refractivity (Wildman–Crippen MR) is 135 cm³/mol.